The fourth-order valence-corrected chi connectivity index (χ4v) is 3.12. The van der Waals surface area contributed by atoms with Gasteiger partial charge in [0.2, 0.25) is 5.56 Å². The molecule has 0 bridgehead atoms. The molecule has 0 aliphatic carbocycles. The standard InChI is InChI=1S/C22H12F6N4O/c23-21(24,25)13-3-5-14(6-4-13)30-11-12-10-18(33)32-20-15(12)7-8-17(31-20)19-16(22(26,27)28)2-1-9-29-19/h1-11H,(H,31,32,33). The molecule has 3 heterocycles. The number of aromatic nitrogens is 3. The van der Waals surface area contributed by atoms with Gasteiger partial charge in [-0.1, -0.05) is 0 Å². The Balaban J connectivity index is 1.74. The van der Waals surface area contributed by atoms with Crippen LogP contribution in [0.4, 0.5) is 32.0 Å². The van der Waals surface area contributed by atoms with Gasteiger partial charge in [-0.05, 0) is 48.5 Å². The van der Waals surface area contributed by atoms with Gasteiger partial charge in [0.1, 0.15) is 11.3 Å². The van der Waals surface area contributed by atoms with Gasteiger partial charge in [-0.25, -0.2) is 4.98 Å². The molecule has 0 saturated carbocycles. The SMILES string of the molecule is O=c1cc(C=Nc2ccc(C(F)(F)F)cc2)c2ccc(-c3ncccc3C(F)(F)F)nc2[nH]1. The van der Waals surface area contributed by atoms with Crippen molar-refractivity contribution in [2.24, 2.45) is 4.99 Å². The molecule has 5 nitrogen and oxygen atoms in total. The minimum Gasteiger partial charge on any atom is -0.307 e. The first-order valence-electron chi connectivity index (χ1n) is 9.30. The van der Waals surface area contributed by atoms with E-state index < -0.39 is 34.7 Å². The Morgan fingerprint density at radius 2 is 1.64 bits per heavy atom. The second-order valence-corrected chi connectivity index (χ2v) is 6.88. The largest absolute Gasteiger partial charge is 0.418 e. The molecule has 0 aliphatic heterocycles. The number of alkyl halides is 6. The van der Waals surface area contributed by atoms with Crippen molar-refractivity contribution in [1.29, 1.82) is 0 Å². The summed E-state index contributed by atoms with van der Waals surface area (Å²) in [5.41, 5.74) is -2.37. The van der Waals surface area contributed by atoms with Gasteiger partial charge in [-0.15, -0.1) is 0 Å². The molecule has 0 unspecified atom stereocenters. The van der Waals surface area contributed by atoms with Crippen LogP contribution in [0, 0.1) is 0 Å². The number of aromatic amines is 1. The highest BCUT2D eigenvalue weighted by Gasteiger charge is 2.34. The summed E-state index contributed by atoms with van der Waals surface area (Å²) >= 11 is 0. The van der Waals surface area contributed by atoms with E-state index in [0.717, 1.165) is 24.3 Å². The van der Waals surface area contributed by atoms with E-state index in [1.54, 1.807) is 0 Å². The Kier molecular flexibility index (Phi) is 5.48. The first-order chi connectivity index (χ1) is 15.5. The zero-order valence-corrected chi connectivity index (χ0v) is 16.4. The highest BCUT2D eigenvalue weighted by molar-refractivity contribution is 5.98. The zero-order chi connectivity index (χ0) is 23.8. The van der Waals surface area contributed by atoms with E-state index in [2.05, 4.69) is 19.9 Å². The van der Waals surface area contributed by atoms with Crippen LogP contribution in [0.1, 0.15) is 16.7 Å². The zero-order valence-electron chi connectivity index (χ0n) is 16.4. The van der Waals surface area contributed by atoms with Gasteiger partial charge < -0.3 is 4.98 Å². The molecule has 4 aromatic rings. The molecule has 0 radical (unpaired) electrons. The summed E-state index contributed by atoms with van der Waals surface area (Å²) in [5, 5.41) is 0.374. The number of H-pyrrole nitrogens is 1. The Labute approximate surface area is 181 Å². The highest BCUT2D eigenvalue weighted by atomic mass is 19.4. The molecule has 0 aliphatic rings. The maximum Gasteiger partial charge on any atom is 0.418 e. The first kappa shape index (κ1) is 22.2. The van der Waals surface area contributed by atoms with Gasteiger partial charge in [-0.2, -0.15) is 26.3 Å². The van der Waals surface area contributed by atoms with Crippen LogP contribution >= 0.6 is 0 Å². The number of benzene rings is 1. The van der Waals surface area contributed by atoms with Crippen LogP contribution in [-0.2, 0) is 12.4 Å². The normalized spacial score (nSPS) is 12.5. The summed E-state index contributed by atoms with van der Waals surface area (Å²) in [6.45, 7) is 0. The van der Waals surface area contributed by atoms with E-state index in [-0.39, 0.29) is 22.6 Å². The molecule has 0 fully saturated rings. The predicted octanol–water partition coefficient (Wildman–Crippen LogP) is 5.77. The van der Waals surface area contributed by atoms with Gasteiger partial charge >= 0.3 is 12.4 Å². The molecule has 1 N–H and O–H groups in total. The summed E-state index contributed by atoms with van der Waals surface area (Å²) < 4.78 is 78.0. The summed E-state index contributed by atoms with van der Waals surface area (Å²) in [4.78, 5) is 26.5. The molecule has 4 rings (SSSR count). The number of halogens is 6. The maximum absolute atomic E-state index is 13.3. The summed E-state index contributed by atoms with van der Waals surface area (Å²) in [7, 11) is 0. The van der Waals surface area contributed by atoms with Gasteiger partial charge in [0, 0.05) is 29.4 Å². The fraction of sp³-hybridized carbons (Fsp3) is 0.0909. The Bertz CT molecular complexity index is 1410. The molecule has 1 aromatic carbocycles. The number of nitrogens with zero attached hydrogens (tertiary/aromatic N) is 3. The number of rotatable bonds is 3. The second-order valence-electron chi connectivity index (χ2n) is 6.88. The molecule has 168 valence electrons. The van der Waals surface area contributed by atoms with Crippen molar-refractivity contribution in [3.8, 4) is 11.4 Å². The Hall–Kier alpha value is -4.02. The van der Waals surface area contributed by atoms with Crippen molar-refractivity contribution < 1.29 is 26.3 Å². The minimum atomic E-state index is -4.65. The van der Waals surface area contributed by atoms with Crippen LogP contribution < -0.4 is 5.56 Å². The van der Waals surface area contributed by atoms with Gasteiger partial charge in [-0.3, -0.25) is 14.8 Å². The number of pyridine rings is 3. The first-order valence-corrected chi connectivity index (χ1v) is 9.30. The molecular formula is C22H12F6N4O. The lowest BCUT2D eigenvalue weighted by Gasteiger charge is -2.11. The Morgan fingerprint density at radius 3 is 2.30 bits per heavy atom. The van der Waals surface area contributed by atoms with E-state index in [0.29, 0.717) is 5.39 Å². The molecule has 0 spiro atoms. The minimum absolute atomic E-state index is 0.00708. The molecule has 11 heteroatoms. The monoisotopic (exact) mass is 462 g/mol. The summed E-state index contributed by atoms with van der Waals surface area (Å²) in [6.07, 6.45) is -6.66. The van der Waals surface area contributed by atoms with Crippen LogP contribution in [-0.4, -0.2) is 21.2 Å². The van der Waals surface area contributed by atoms with Gasteiger partial charge in [0.15, 0.2) is 0 Å². The molecule has 3 aromatic heterocycles. The average Bonchev–Trinajstić information content (AvgIpc) is 2.76. The Morgan fingerprint density at radius 1 is 0.909 bits per heavy atom. The van der Waals surface area contributed by atoms with Crippen LogP contribution in [0.3, 0.4) is 0 Å². The van der Waals surface area contributed by atoms with Gasteiger partial charge in [0.25, 0.3) is 0 Å². The average molecular weight is 462 g/mol. The van der Waals surface area contributed by atoms with Gasteiger partial charge in [0.05, 0.1) is 22.5 Å². The van der Waals surface area contributed by atoms with E-state index in [9.17, 15) is 31.1 Å². The van der Waals surface area contributed by atoms with E-state index in [4.69, 9.17) is 0 Å². The van der Waals surface area contributed by atoms with Crippen molar-refractivity contribution in [2.45, 2.75) is 12.4 Å². The van der Waals surface area contributed by atoms with Crippen molar-refractivity contribution in [3.05, 3.63) is 87.8 Å². The number of aliphatic imine (C=N–C) groups is 1. The van der Waals surface area contributed by atoms with Crippen molar-refractivity contribution in [1.82, 2.24) is 15.0 Å². The summed E-state index contributed by atoms with van der Waals surface area (Å²) in [5.74, 6) is 0. The third-order valence-corrected chi connectivity index (χ3v) is 4.64. The smallest absolute Gasteiger partial charge is 0.307 e. The number of hydrogen-bond donors (Lipinski definition) is 1. The van der Waals surface area contributed by atoms with E-state index >= 15 is 0 Å². The van der Waals surface area contributed by atoms with E-state index in [1.807, 2.05) is 0 Å². The third-order valence-electron chi connectivity index (χ3n) is 4.64. The molecular weight excluding hydrogens is 450 g/mol. The lowest BCUT2D eigenvalue weighted by Crippen LogP contribution is -2.10. The molecule has 33 heavy (non-hydrogen) atoms. The van der Waals surface area contributed by atoms with Crippen LogP contribution in [0.25, 0.3) is 22.4 Å². The van der Waals surface area contributed by atoms with Crippen LogP contribution in [0.5, 0.6) is 0 Å². The van der Waals surface area contributed by atoms with Crippen molar-refractivity contribution >= 4 is 22.9 Å². The highest BCUT2D eigenvalue weighted by Crippen LogP contribution is 2.35. The van der Waals surface area contributed by atoms with Crippen LogP contribution in [0.15, 0.2) is 70.6 Å². The summed E-state index contributed by atoms with van der Waals surface area (Å²) in [6, 6.07) is 10.1. The lowest BCUT2D eigenvalue weighted by molar-refractivity contribution is -0.138. The van der Waals surface area contributed by atoms with Crippen molar-refractivity contribution in [3.63, 3.8) is 0 Å². The second kappa shape index (κ2) is 8.15. The number of nitrogens with one attached hydrogen (secondary N) is 1. The molecule has 0 atom stereocenters. The van der Waals surface area contributed by atoms with Crippen LogP contribution in [0.2, 0.25) is 0 Å². The van der Waals surface area contributed by atoms with E-state index in [1.165, 1.54) is 42.7 Å². The lowest BCUT2D eigenvalue weighted by atomic mass is 10.1. The quantitative estimate of drug-likeness (QED) is 0.310. The maximum atomic E-state index is 13.3. The molecule has 0 amide bonds. The topological polar surface area (TPSA) is 71.0 Å². The third kappa shape index (κ3) is 4.76. The number of fused-ring (bicyclic) bond motifs is 1. The molecule has 0 saturated heterocycles. The van der Waals surface area contributed by atoms with Crippen molar-refractivity contribution in [2.75, 3.05) is 0 Å². The fourth-order valence-electron chi connectivity index (χ4n) is 3.12. The number of hydrogen-bond acceptors (Lipinski definition) is 4. The predicted molar refractivity (Wildman–Crippen MR) is 109 cm³/mol.